The summed E-state index contributed by atoms with van der Waals surface area (Å²) in [4.78, 5) is 10.8. The Hall–Kier alpha value is -2.35. The molecule has 0 fully saturated rings. The van der Waals surface area contributed by atoms with Crippen LogP contribution in [0.15, 0.2) is 66.7 Å². The molecule has 0 saturated heterocycles. The molecule has 2 aromatic rings. The van der Waals surface area contributed by atoms with Crippen molar-refractivity contribution in [3.63, 3.8) is 0 Å². The highest BCUT2D eigenvalue weighted by molar-refractivity contribution is 5.67. The van der Waals surface area contributed by atoms with Crippen LogP contribution in [0.4, 0.5) is 0 Å². The lowest BCUT2D eigenvalue weighted by atomic mass is 9.94. The number of carbonyl (C=O) groups is 1. The van der Waals surface area contributed by atoms with Gasteiger partial charge in [0, 0.05) is 11.9 Å². The van der Waals surface area contributed by atoms with Crippen LogP contribution in [-0.2, 0) is 4.79 Å². The topological polar surface area (TPSA) is 40.1 Å². The molecule has 19 heavy (non-hydrogen) atoms. The fourth-order valence-corrected chi connectivity index (χ4v) is 1.97. The molecule has 0 aromatic heterocycles. The van der Waals surface area contributed by atoms with Gasteiger partial charge in [-0.25, -0.2) is 0 Å². The number of benzene rings is 2. The SMILES string of the molecule is O=C([O-])C[C@H](/C=C/c1ccccc1)c1ccccc1. The summed E-state index contributed by atoms with van der Waals surface area (Å²) in [5, 5.41) is 10.8. The third-order valence-electron chi connectivity index (χ3n) is 2.93. The first-order valence-corrected chi connectivity index (χ1v) is 6.24. The summed E-state index contributed by atoms with van der Waals surface area (Å²) in [5.74, 6) is -1.20. The second-order valence-electron chi connectivity index (χ2n) is 4.36. The maximum absolute atomic E-state index is 10.8. The minimum atomic E-state index is -1.04. The van der Waals surface area contributed by atoms with Gasteiger partial charge in [-0.05, 0) is 17.5 Å². The molecule has 0 aliphatic heterocycles. The summed E-state index contributed by atoms with van der Waals surface area (Å²) in [7, 11) is 0. The van der Waals surface area contributed by atoms with Crippen LogP contribution in [0.2, 0.25) is 0 Å². The predicted molar refractivity (Wildman–Crippen MR) is 74.3 cm³/mol. The third kappa shape index (κ3) is 4.11. The second kappa shape index (κ2) is 6.55. The Morgan fingerprint density at radius 1 is 1.00 bits per heavy atom. The second-order valence-corrected chi connectivity index (χ2v) is 4.36. The number of hydrogen-bond donors (Lipinski definition) is 0. The molecule has 96 valence electrons. The Balaban J connectivity index is 2.19. The normalized spacial score (nSPS) is 12.4. The van der Waals surface area contributed by atoms with Crippen molar-refractivity contribution >= 4 is 12.0 Å². The van der Waals surface area contributed by atoms with Crippen LogP contribution in [0.3, 0.4) is 0 Å². The van der Waals surface area contributed by atoms with E-state index < -0.39 is 5.97 Å². The summed E-state index contributed by atoms with van der Waals surface area (Å²) >= 11 is 0. The van der Waals surface area contributed by atoms with Crippen LogP contribution in [-0.4, -0.2) is 5.97 Å². The fourth-order valence-electron chi connectivity index (χ4n) is 1.97. The van der Waals surface area contributed by atoms with Crippen LogP contribution in [0, 0.1) is 0 Å². The Kier molecular flexibility index (Phi) is 4.51. The molecule has 0 spiro atoms. The molecule has 0 aliphatic carbocycles. The zero-order valence-corrected chi connectivity index (χ0v) is 10.5. The van der Waals surface area contributed by atoms with Crippen molar-refractivity contribution in [2.45, 2.75) is 12.3 Å². The first-order chi connectivity index (χ1) is 9.25. The Bertz CT molecular complexity index is 544. The molecule has 2 nitrogen and oxygen atoms in total. The van der Waals surface area contributed by atoms with Crippen LogP contribution in [0.25, 0.3) is 6.08 Å². The Morgan fingerprint density at radius 3 is 2.16 bits per heavy atom. The molecular weight excluding hydrogens is 236 g/mol. The molecule has 0 bridgehead atoms. The van der Waals surface area contributed by atoms with Crippen LogP contribution < -0.4 is 5.11 Å². The van der Waals surface area contributed by atoms with Crippen molar-refractivity contribution in [2.24, 2.45) is 0 Å². The monoisotopic (exact) mass is 251 g/mol. The highest BCUT2D eigenvalue weighted by Gasteiger charge is 2.07. The first-order valence-electron chi connectivity index (χ1n) is 6.24. The summed E-state index contributed by atoms with van der Waals surface area (Å²) < 4.78 is 0. The average molecular weight is 251 g/mol. The molecular formula is C17H15O2-. The standard InChI is InChI=1S/C17H16O2/c18-17(19)13-16(15-9-5-2-6-10-15)12-11-14-7-3-1-4-8-14/h1-12,16H,13H2,(H,18,19)/p-1/b12-11+/t16-/m0/s1. The van der Waals surface area contributed by atoms with E-state index in [-0.39, 0.29) is 12.3 Å². The number of carboxylic acid groups (broad SMARTS) is 1. The van der Waals surface area contributed by atoms with Crippen molar-refractivity contribution in [1.82, 2.24) is 0 Å². The molecule has 0 heterocycles. The van der Waals surface area contributed by atoms with Crippen molar-refractivity contribution in [2.75, 3.05) is 0 Å². The van der Waals surface area contributed by atoms with E-state index in [9.17, 15) is 9.90 Å². The maximum Gasteiger partial charge on any atom is 0.0423 e. The van der Waals surface area contributed by atoms with E-state index in [0.717, 1.165) is 11.1 Å². The zero-order chi connectivity index (χ0) is 13.5. The lowest BCUT2D eigenvalue weighted by Crippen LogP contribution is -2.24. The Morgan fingerprint density at radius 2 is 1.58 bits per heavy atom. The largest absolute Gasteiger partial charge is 0.550 e. The number of rotatable bonds is 5. The van der Waals surface area contributed by atoms with E-state index in [1.807, 2.05) is 72.8 Å². The quantitative estimate of drug-likeness (QED) is 0.819. The van der Waals surface area contributed by atoms with Crippen molar-refractivity contribution < 1.29 is 9.90 Å². The minimum absolute atomic E-state index is 0.00660. The van der Waals surface area contributed by atoms with Gasteiger partial charge < -0.3 is 9.90 Å². The molecule has 0 unspecified atom stereocenters. The van der Waals surface area contributed by atoms with Gasteiger partial charge in [-0.2, -0.15) is 0 Å². The van der Waals surface area contributed by atoms with Gasteiger partial charge in [0.25, 0.3) is 0 Å². The zero-order valence-electron chi connectivity index (χ0n) is 10.5. The van der Waals surface area contributed by atoms with Gasteiger partial charge in [0.1, 0.15) is 0 Å². The van der Waals surface area contributed by atoms with Gasteiger partial charge in [0.15, 0.2) is 0 Å². The van der Waals surface area contributed by atoms with Crippen LogP contribution >= 0.6 is 0 Å². The number of allylic oxidation sites excluding steroid dienone is 1. The van der Waals surface area contributed by atoms with Gasteiger partial charge in [-0.3, -0.25) is 0 Å². The first kappa shape index (κ1) is 13.1. The summed E-state index contributed by atoms with van der Waals surface area (Å²) in [6, 6.07) is 19.4. The van der Waals surface area contributed by atoms with Crippen molar-refractivity contribution in [3.8, 4) is 0 Å². The third-order valence-corrected chi connectivity index (χ3v) is 2.93. The molecule has 0 N–H and O–H groups in total. The van der Waals surface area contributed by atoms with E-state index >= 15 is 0 Å². The summed E-state index contributed by atoms with van der Waals surface area (Å²) in [5.41, 5.74) is 2.04. The Labute approximate surface area is 113 Å². The van der Waals surface area contributed by atoms with E-state index in [2.05, 4.69) is 0 Å². The van der Waals surface area contributed by atoms with E-state index in [1.165, 1.54) is 0 Å². The van der Waals surface area contributed by atoms with Crippen LogP contribution in [0.5, 0.6) is 0 Å². The molecule has 0 aliphatic rings. The van der Waals surface area contributed by atoms with Gasteiger partial charge in [0.05, 0.1) is 0 Å². The van der Waals surface area contributed by atoms with E-state index in [0.29, 0.717) is 0 Å². The smallest absolute Gasteiger partial charge is 0.0423 e. The van der Waals surface area contributed by atoms with Gasteiger partial charge in [0.2, 0.25) is 0 Å². The van der Waals surface area contributed by atoms with Crippen LogP contribution in [0.1, 0.15) is 23.5 Å². The lowest BCUT2D eigenvalue weighted by molar-refractivity contribution is -0.305. The number of hydrogen-bond acceptors (Lipinski definition) is 2. The van der Waals surface area contributed by atoms with Crippen molar-refractivity contribution in [3.05, 3.63) is 77.9 Å². The molecule has 0 radical (unpaired) electrons. The molecule has 0 amide bonds. The van der Waals surface area contributed by atoms with Gasteiger partial charge in [-0.1, -0.05) is 72.8 Å². The molecule has 2 aromatic carbocycles. The van der Waals surface area contributed by atoms with Crippen molar-refractivity contribution in [1.29, 1.82) is 0 Å². The maximum atomic E-state index is 10.8. The van der Waals surface area contributed by atoms with E-state index in [1.54, 1.807) is 0 Å². The number of aliphatic carboxylic acids is 1. The minimum Gasteiger partial charge on any atom is -0.550 e. The van der Waals surface area contributed by atoms with Gasteiger partial charge in [-0.15, -0.1) is 0 Å². The van der Waals surface area contributed by atoms with Gasteiger partial charge >= 0.3 is 0 Å². The molecule has 1 atom stereocenters. The lowest BCUT2D eigenvalue weighted by Gasteiger charge is -2.13. The number of carboxylic acids is 1. The van der Waals surface area contributed by atoms with E-state index in [4.69, 9.17) is 0 Å². The molecule has 0 saturated carbocycles. The average Bonchev–Trinajstić information content (AvgIpc) is 2.45. The fraction of sp³-hybridized carbons (Fsp3) is 0.118. The predicted octanol–water partition coefficient (Wildman–Crippen LogP) is 2.62. The molecule has 2 rings (SSSR count). The number of carbonyl (C=O) groups excluding carboxylic acids is 1. The highest BCUT2D eigenvalue weighted by atomic mass is 16.4. The highest BCUT2D eigenvalue weighted by Crippen LogP contribution is 2.21. The summed E-state index contributed by atoms with van der Waals surface area (Å²) in [6.07, 6.45) is 3.86. The molecule has 2 heteroatoms. The summed E-state index contributed by atoms with van der Waals surface area (Å²) in [6.45, 7) is 0.